The molecule has 4 nitrogen and oxygen atoms in total. The van der Waals surface area contributed by atoms with Crippen LogP contribution < -0.4 is 10.2 Å². The normalized spacial score (nSPS) is 15.9. The first-order valence-corrected chi connectivity index (χ1v) is 8.91. The average Bonchev–Trinajstić information content (AvgIpc) is 3.28. The molecule has 2 N–H and O–H groups in total. The summed E-state index contributed by atoms with van der Waals surface area (Å²) in [7, 11) is 0. The van der Waals surface area contributed by atoms with Gasteiger partial charge >= 0.3 is 0 Å². The summed E-state index contributed by atoms with van der Waals surface area (Å²) in [5, 5.41) is 4.87. The molecule has 1 aliphatic rings. The van der Waals surface area contributed by atoms with Gasteiger partial charge in [0.2, 0.25) is 5.91 Å². The van der Waals surface area contributed by atoms with Gasteiger partial charge in [0.1, 0.15) is 0 Å². The van der Waals surface area contributed by atoms with Crippen LogP contribution in [-0.4, -0.2) is 17.4 Å². The highest BCUT2D eigenvalue weighted by Gasteiger charge is 2.22. The fourth-order valence-corrected chi connectivity index (χ4v) is 3.57. The molecule has 0 spiro atoms. The van der Waals surface area contributed by atoms with Gasteiger partial charge < -0.3 is 15.2 Å². The van der Waals surface area contributed by atoms with E-state index in [-0.39, 0.29) is 11.9 Å². The number of benzene rings is 2. The zero-order chi connectivity index (χ0) is 17.2. The van der Waals surface area contributed by atoms with E-state index in [4.69, 9.17) is 0 Å². The lowest BCUT2D eigenvalue weighted by atomic mass is 10.1. The Labute approximate surface area is 147 Å². The molecule has 1 fully saturated rings. The molecule has 2 heterocycles. The van der Waals surface area contributed by atoms with E-state index in [2.05, 4.69) is 53.6 Å². The van der Waals surface area contributed by atoms with Crippen molar-refractivity contribution in [3.05, 3.63) is 65.9 Å². The van der Waals surface area contributed by atoms with Crippen molar-refractivity contribution in [2.45, 2.75) is 32.4 Å². The van der Waals surface area contributed by atoms with E-state index < -0.39 is 0 Å². The maximum atomic E-state index is 12.0. The number of fused-ring (bicyclic) bond motifs is 1. The Kier molecular flexibility index (Phi) is 4.28. The number of carbonyl (C=O) groups is 1. The van der Waals surface area contributed by atoms with Crippen molar-refractivity contribution in [3.63, 3.8) is 0 Å². The van der Waals surface area contributed by atoms with Crippen LogP contribution in [0.2, 0.25) is 0 Å². The zero-order valence-electron chi connectivity index (χ0n) is 14.5. The van der Waals surface area contributed by atoms with Gasteiger partial charge in [-0.2, -0.15) is 0 Å². The first-order valence-electron chi connectivity index (χ1n) is 8.91. The number of rotatable bonds is 5. The number of H-pyrrole nitrogens is 1. The van der Waals surface area contributed by atoms with Crippen molar-refractivity contribution < 1.29 is 4.79 Å². The quantitative estimate of drug-likeness (QED) is 0.737. The molecule has 128 valence electrons. The monoisotopic (exact) mass is 333 g/mol. The highest BCUT2D eigenvalue weighted by Crippen LogP contribution is 2.25. The summed E-state index contributed by atoms with van der Waals surface area (Å²) in [5.41, 5.74) is 4.68. The maximum absolute atomic E-state index is 12.0. The van der Waals surface area contributed by atoms with Gasteiger partial charge in [-0.25, -0.2) is 0 Å². The molecule has 4 rings (SSSR count). The minimum Gasteiger partial charge on any atom is -0.361 e. The van der Waals surface area contributed by atoms with Gasteiger partial charge in [-0.3, -0.25) is 4.79 Å². The number of hydrogen-bond donors (Lipinski definition) is 2. The first kappa shape index (κ1) is 15.9. The second-order valence-corrected chi connectivity index (χ2v) is 6.70. The second-order valence-electron chi connectivity index (χ2n) is 6.70. The van der Waals surface area contributed by atoms with Crippen LogP contribution >= 0.6 is 0 Å². The molecule has 0 bridgehead atoms. The fraction of sp³-hybridized carbons (Fsp3) is 0.286. The second kappa shape index (κ2) is 6.73. The summed E-state index contributed by atoms with van der Waals surface area (Å²) in [6.45, 7) is 3.81. The third-order valence-corrected chi connectivity index (χ3v) is 5.04. The summed E-state index contributed by atoms with van der Waals surface area (Å²) >= 11 is 0. The third kappa shape index (κ3) is 3.17. The zero-order valence-corrected chi connectivity index (χ0v) is 14.5. The van der Waals surface area contributed by atoms with Gasteiger partial charge in [-0.05, 0) is 48.7 Å². The number of anilines is 1. The molecule has 2 aromatic carbocycles. The first-order chi connectivity index (χ1) is 12.2. The van der Waals surface area contributed by atoms with E-state index in [1.54, 1.807) is 0 Å². The van der Waals surface area contributed by atoms with Gasteiger partial charge in [0.25, 0.3) is 0 Å². The highest BCUT2D eigenvalue weighted by molar-refractivity contribution is 5.95. The average molecular weight is 333 g/mol. The van der Waals surface area contributed by atoms with Gasteiger partial charge in [0, 0.05) is 48.3 Å². The molecule has 3 aromatic rings. The van der Waals surface area contributed by atoms with Crippen molar-refractivity contribution in [3.8, 4) is 0 Å². The lowest BCUT2D eigenvalue weighted by Crippen LogP contribution is -2.24. The molecule has 25 heavy (non-hydrogen) atoms. The molecule has 0 radical (unpaired) electrons. The molecule has 1 atom stereocenters. The van der Waals surface area contributed by atoms with Gasteiger partial charge in [-0.1, -0.05) is 24.3 Å². The summed E-state index contributed by atoms with van der Waals surface area (Å²) in [4.78, 5) is 17.1. The van der Waals surface area contributed by atoms with Gasteiger partial charge in [0.15, 0.2) is 0 Å². The van der Waals surface area contributed by atoms with E-state index in [1.807, 2.05) is 23.2 Å². The third-order valence-electron chi connectivity index (χ3n) is 5.04. The topological polar surface area (TPSA) is 48.1 Å². The Bertz CT molecular complexity index is 899. The number of hydrogen-bond acceptors (Lipinski definition) is 2. The van der Waals surface area contributed by atoms with E-state index in [0.29, 0.717) is 6.42 Å². The predicted octanol–water partition coefficient (Wildman–Crippen LogP) is 4.15. The standard InChI is InChI=1S/C21H23N3O/c1-15(23-14-17-6-3-8-20-19(17)10-11-22-20)16-5-2-7-18(13-16)24-12-4-9-21(24)25/h2-3,5-8,10-11,13,15,22-23H,4,9,12,14H2,1H3. The summed E-state index contributed by atoms with van der Waals surface area (Å²) in [6.07, 6.45) is 3.60. The smallest absolute Gasteiger partial charge is 0.227 e. The van der Waals surface area contributed by atoms with Crippen molar-refractivity contribution in [2.75, 3.05) is 11.4 Å². The van der Waals surface area contributed by atoms with Crippen molar-refractivity contribution in [2.24, 2.45) is 0 Å². The summed E-state index contributed by atoms with van der Waals surface area (Å²) in [6, 6.07) is 17.0. The number of nitrogens with one attached hydrogen (secondary N) is 2. The Morgan fingerprint density at radius 3 is 2.92 bits per heavy atom. The molecule has 1 aliphatic heterocycles. The van der Waals surface area contributed by atoms with Crippen LogP contribution in [0.25, 0.3) is 10.9 Å². The van der Waals surface area contributed by atoms with Crippen molar-refractivity contribution >= 4 is 22.5 Å². The SMILES string of the molecule is CC(NCc1cccc2[nH]ccc12)c1cccc(N2CCCC2=O)c1. The fourth-order valence-electron chi connectivity index (χ4n) is 3.57. The minimum atomic E-state index is 0.215. The molecule has 1 saturated heterocycles. The Morgan fingerprint density at radius 1 is 1.20 bits per heavy atom. The number of amides is 1. The molecular weight excluding hydrogens is 310 g/mol. The lowest BCUT2D eigenvalue weighted by molar-refractivity contribution is -0.117. The predicted molar refractivity (Wildman–Crippen MR) is 102 cm³/mol. The molecule has 1 unspecified atom stereocenters. The number of nitrogens with zero attached hydrogens (tertiary/aromatic N) is 1. The van der Waals surface area contributed by atoms with Crippen LogP contribution in [-0.2, 0) is 11.3 Å². The molecule has 0 saturated carbocycles. The van der Waals surface area contributed by atoms with Crippen LogP contribution in [0.15, 0.2) is 54.7 Å². The van der Waals surface area contributed by atoms with Crippen molar-refractivity contribution in [1.29, 1.82) is 0 Å². The van der Waals surface area contributed by atoms with Gasteiger partial charge in [0.05, 0.1) is 0 Å². The summed E-state index contributed by atoms with van der Waals surface area (Å²) < 4.78 is 0. The molecule has 0 aliphatic carbocycles. The maximum Gasteiger partial charge on any atom is 0.227 e. The number of carbonyl (C=O) groups excluding carboxylic acids is 1. The minimum absolute atomic E-state index is 0.215. The van der Waals surface area contributed by atoms with Crippen LogP contribution in [0.5, 0.6) is 0 Å². The van der Waals surface area contributed by atoms with Crippen LogP contribution in [0.3, 0.4) is 0 Å². The summed E-state index contributed by atoms with van der Waals surface area (Å²) in [5.74, 6) is 0.233. The van der Waals surface area contributed by atoms with Crippen LogP contribution in [0, 0.1) is 0 Å². The van der Waals surface area contributed by atoms with E-state index >= 15 is 0 Å². The largest absolute Gasteiger partial charge is 0.361 e. The lowest BCUT2D eigenvalue weighted by Gasteiger charge is -2.20. The molecule has 1 amide bonds. The van der Waals surface area contributed by atoms with E-state index in [0.717, 1.165) is 25.2 Å². The molecule has 1 aromatic heterocycles. The Hall–Kier alpha value is -2.59. The van der Waals surface area contributed by atoms with Crippen LogP contribution in [0.1, 0.15) is 36.9 Å². The Morgan fingerprint density at radius 2 is 2.08 bits per heavy atom. The Balaban J connectivity index is 1.48. The molecule has 4 heteroatoms. The van der Waals surface area contributed by atoms with Crippen LogP contribution in [0.4, 0.5) is 5.69 Å². The number of aromatic nitrogens is 1. The van der Waals surface area contributed by atoms with Crippen molar-refractivity contribution in [1.82, 2.24) is 10.3 Å². The van der Waals surface area contributed by atoms with E-state index in [1.165, 1.54) is 22.0 Å². The van der Waals surface area contributed by atoms with E-state index in [9.17, 15) is 4.79 Å². The van der Waals surface area contributed by atoms with Gasteiger partial charge in [-0.15, -0.1) is 0 Å². The highest BCUT2D eigenvalue weighted by atomic mass is 16.2. The number of aromatic amines is 1. The molecular formula is C21H23N3O.